The molecule has 0 fully saturated rings. The number of oxazole rings is 1. The van der Waals surface area contributed by atoms with Crippen molar-refractivity contribution < 1.29 is 13.6 Å². The molecule has 1 amide bonds. The van der Waals surface area contributed by atoms with Crippen LogP contribution in [0.5, 0.6) is 0 Å². The second-order valence-corrected chi connectivity index (χ2v) is 5.74. The van der Waals surface area contributed by atoms with Crippen LogP contribution in [0, 0.1) is 6.92 Å². The first-order valence-electron chi connectivity index (χ1n) is 7.45. The van der Waals surface area contributed by atoms with Gasteiger partial charge in [-0.2, -0.15) is 0 Å². The quantitative estimate of drug-likeness (QED) is 0.795. The van der Waals surface area contributed by atoms with Gasteiger partial charge in [0.2, 0.25) is 11.8 Å². The van der Waals surface area contributed by atoms with Crippen LogP contribution in [-0.4, -0.2) is 21.1 Å². The summed E-state index contributed by atoms with van der Waals surface area (Å²) in [5.74, 6) is 1.42. The summed E-state index contributed by atoms with van der Waals surface area (Å²) < 4.78 is 11.0. The number of aromatic nitrogens is 3. The Bertz CT molecular complexity index is 850. The molecule has 3 aromatic rings. The fraction of sp³-hybridized carbons (Fsp3) is 0.375. The summed E-state index contributed by atoms with van der Waals surface area (Å²) in [5.41, 5.74) is 1.80. The topological polar surface area (TPSA) is 94.1 Å². The molecular weight excluding hydrogens is 296 g/mol. The Kier molecular flexibility index (Phi) is 3.85. The van der Waals surface area contributed by atoms with Gasteiger partial charge in [0.15, 0.2) is 11.5 Å². The van der Waals surface area contributed by atoms with E-state index in [9.17, 15) is 4.79 Å². The Labute approximate surface area is 133 Å². The van der Waals surface area contributed by atoms with Crippen molar-refractivity contribution in [1.82, 2.24) is 20.5 Å². The molecule has 1 N–H and O–H groups in total. The Hall–Kier alpha value is -2.70. The van der Waals surface area contributed by atoms with Crippen molar-refractivity contribution in [2.24, 2.45) is 0 Å². The minimum atomic E-state index is -0.380. The third kappa shape index (κ3) is 3.08. The molecule has 0 radical (unpaired) electrons. The summed E-state index contributed by atoms with van der Waals surface area (Å²) >= 11 is 0. The van der Waals surface area contributed by atoms with Crippen molar-refractivity contribution in [3.05, 3.63) is 41.4 Å². The van der Waals surface area contributed by atoms with Crippen molar-refractivity contribution in [2.45, 2.75) is 39.7 Å². The number of nitrogens with one attached hydrogen (secondary N) is 1. The van der Waals surface area contributed by atoms with Gasteiger partial charge in [-0.05, 0) is 25.1 Å². The highest BCUT2D eigenvalue weighted by atomic mass is 16.4. The zero-order chi connectivity index (χ0) is 16.6. The van der Waals surface area contributed by atoms with E-state index in [0.29, 0.717) is 28.8 Å². The minimum Gasteiger partial charge on any atom is -0.441 e. The molecule has 0 unspecified atom stereocenters. The molecular formula is C16H18N4O3. The van der Waals surface area contributed by atoms with E-state index in [4.69, 9.17) is 8.83 Å². The second kappa shape index (κ2) is 5.83. The van der Waals surface area contributed by atoms with Crippen LogP contribution < -0.4 is 5.32 Å². The maximum atomic E-state index is 12.4. The zero-order valence-corrected chi connectivity index (χ0v) is 13.5. The predicted molar refractivity (Wildman–Crippen MR) is 83.0 cm³/mol. The Morgan fingerprint density at radius 2 is 1.87 bits per heavy atom. The molecule has 2 heterocycles. The Morgan fingerprint density at radius 3 is 2.57 bits per heavy atom. The SMILES string of the molecule is Cc1nc2ccc(C(=O)N[C@@H](C)c3nnc(C(C)C)o3)cc2o1. The molecule has 0 spiro atoms. The normalized spacial score (nSPS) is 12.7. The molecule has 0 aliphatic heterocycles. The largest absolute Gasteiger partial charge is 0.441 e. The maximum absolute atomic E-state index is 12.4. The van der Waals surface area contributed by atoms with Crippen LogP contribution >= 0.6 is 0 Å². The summed E-state index contributed by atoms with van der Waals surface area (Å²) in [6.07, 6.45) is 0. The van der Waals surface area contributed by atoms with Crippen molar-refractivity contribution >= 4 is 17.0 Å². The van der Waals surface area contributed by atoms with E-state index >= 15 is 0 Å². The van der Waals surface area contributed by atoms with E-state index < -0.39 is 0 Å². The monoisotopic (exact) mass is 314 g/mol. The van der Waals surface area contributed by atoms with Gasteiger partial charge in [0.05, 0.1) is 0 Å². The third-order valence-corrected chi connectivity index (χ3v) is 3.43. The van der Waals surface area contributed by atoms with Gasteiger partial charge in [0.25, 0.3) is 5.91 Å². The van der Waals surface area contributed by atoms with E-state index in [-0.39, 0.29) is 17.9 Å². The number of aryl methyl sites for hydroxylation is 1. The molecule has 7 nitrogen and oxygen atoms in total. The Morgan fingerprint density at radius 1 is 1.13 bits per heavy atom. The standard InChI is InChI=1S/C16H18N4O3/c1-8(2)15-19-20-16(23-15)9(3)17-14(21)11-5-6-12-13(7-11)22-10(4)18-12/h5-9H,1-4H3,(H,17,21)/t9-/m0/s1. The number of rotatable bonds is 4. The summed E-state index contributed by atoms with van der Waals surface area (Å²) in [4.78, 5) is 16.6. The number of nitrogens with zero attached hydrogens (tertiary/aromatic N) is 3. The van der Waals surface area contributed by atoms with Gasteiger partial charge >= 0.3 is 0 Å². The molecule has 0 saturated heterocycles. The van der Waals surface area contributed by atoms with Gasteiger partial charge in [-0.15, -0.1) is 10.2 Å². The van der Waals surface area contributed by atoms with Crippen LogP contribution in [0.3, 0.4) is 0 Å². The third-order valence-electron chi connectivity index (χ3n) is 3.43. The van der Waals surface area contributed by atoms with Gasteiger partial charge in [-0.3, -0.25) is 4.79 Å². The predicted octanol–water partition coefficient (Wildman–Crippen LogP) is 3.13. The number of carbonyl (C=O) groups is 1. The van der Waals surface area contributed by atoms with E-state index in [0.717, 1.165) is 5.52 Å². The van der Waals surface area contributed by atoms with E-state index in [1.807, 2.05) is 13.8 Å². The molecule has 2 aromatic heterocycles. The number of amides is 1. The van der Waals surface area contributed by atoms with E-state index in [1.54, 1.807) is 32.0 Å². The van der Waals surface area contributed by atoms with E-state index in [2.05, 4.69) is 20.5 Å². The molecule has 0 aliphatic carbocycles. The molecule has 120 valence electrons. The van der Waals surface area contributed by atoms with Crippen molar-refractivity contribution in [1.29, 1.82) is 0 Å². The molecule has 1 atom stereocenters. The molecule has 0 saturated carbocycles. The summed E-state index contributed by atoms with van der Waals surface area (Å²) in [6, 6.07) is 4.76. The molecule has 7 heteroatoms. The van der Waals surface area contributed by atoms with Gasteiger partial charge < -0.3 is 14.2 Å². The average Bonchev–Trinajstić information content (AvgIpc) is 3.11. The molecule has 0 aliphatic rings. The van der Waals surface area contributed by atoms with Crippen molar-refractivity contribution in [3.8, 4) is 0 Å². The van der Waals surface area contributed by atoms with Crippen LogP contribution in [0.2, 0.25) is 0 Å². The van der Waals surface area contributed by atoms with Crippen molar-refractivity contribution in [3.63, 3.8) is 0 Å². The molecule has 3 rings (SSSR count). The summed E-state index contributed by atoms with van der Waals surface area (Å²) in [7, 11) is 0. The number of carbonyl (C=O) groups excluding carboxylic acids is 1. The number of benzene rings is 1. The highest BCUT2D eigenvalue weighted by Crippen LogP contribution is 2.19. The lowest BCUT2D eigenvalue weighted by Gasteiger charge is -2.09. The maximum Gasteiger partial charge on any atom is 0.252 e. The number of fused-ring (bicyclic) bond motifs is 1. The van der Waals surface area contributed by atoms with Crippen LogP contribution in [0.15, 0.2) is 27.0 Å². The van der Waals surface area contributed by atoms with Gasteiger partial charge in [0.1, 0.15) is 11.6 Å². The average molecular weight is 314 g/mol. The highest BCUT2D eigenvalue weighted by Gasteiger charge is 2.19. The fourth-order valence-electron chi connectivity index (χ4n) is 2.18. The van der Waals surface area contributed by atoms with E-state index in [1.165, 1.54) is 0 Å². The smallest absolute Gasteiger partial charge is 0.252 e. The fourth-order valence-corrected chi connectivity index (χ4v) is 2.18. The second-order valence-electron chi connectivity index (χ2n) is 5.74. The van der Waals surface area contributed by atoms with Gasteiger partial charge in [-0.1, -0.05) is 13.8 Å². The first kappa shape index (κ1) is 15.2. The van der Waals surface area contributed by atoms with Crippen LogP contribution in [-0.2, 0) is 0 Å². The lowest BCUT2D eigenvalue weighted by atomic mass is 10.2. The summed E-state index contributed by atoms with van der Waals surface area (Å²) in [6.45, 7) is 7.50. The van der Waals surface area contributed by atoms with Crippen molar-refractivity contribution in [2.75, 3.05) is 0 Å². The van der Waals surface area contributed by atoms with Crippen LogP contribution in [0.4, 0.5) is 0 Å². The van der Waals surface area contributed by atoms with Gasteiger partial charge in [-0.25, -0.2) is 4.98 Å². The van der Waals surface area contributed by atoms with Gasteiger partial charge in [0, 0.05) is 18.4 Å². The Balaban J connectivity index is 1.76. The summed E-state index contributed by atoms with van der Waals surface area (Å²) in [5, 5.41) is 10.8. The molecule has 0 bridgehead atoms. The highest BCUT2D eigenvalue weighted by molar-refractivity contribution is 5.97. The lowest BCUT2D eigenvalue weighted by molar-refractivity contribution is 0.0933. The lowest BCUT2D eigenvalue weighted by Crippen LogP contribution is -2.26. The van der Waals surface area contributed by atoms with Crippen LogP contribution in [0.1, 0.15) is 60.8 Å². The number of hydrogen-bond donors (Lipinski definition) is 1. The number of hydrogen-bond acceptors (Lipinski definition) is 6. The molecule has 23 heavy (non-hydrogen) atoms. The first-order valence-corrected chi connectivity index (χ1v) is 7.45. The van der Waals surface area contributed by atoms with Crippen LogP contribution in [0.25, 0.3) is 11.1 Å². The minimum absolute atomic E-state index is 0.149. The zero-order valence-electron chi connectivity index (χ0n) is 13.5. The molecule has 1 aromatic carbocycles. The first-order chi connectivity index (χ1) is 10.9.